The molecule has 0 aliphatic heterocycles. The van der Waals surface area contributed by atoms with Gasteiger partial charge in [0.1, 0.15) is 0 Å². The Hall–Kier alpha value is -1.74. The molecular weight excluding hydrogens is 222 g/mol. The zero-order chi connectivity index (χ0) is 12.5. The quantitative estimate of drug-likeness (QED) is 0.832. The molecule has 3 heteroatoms. The van der Waals surface area contributed by atoms with E-state index >= 15 is 0 Å². The number of nitrogens with two attached hydrogens (primary N) is 1. The number of aryl methyl sites for hydroxylation is 2. The van der Waals surface area contributed by atoms with Crippen LogP contribution in [0.3, 0.4) is 0 Å². The van der Waals surface area contributed by atoms with Crippen LogP contribution < -0.4 is 5.73 Å². The molecule has 1 aromatic carbocycles. The fourth-order valence-electron chi connectivity index (χ4n) is 2.66. The molecule has 1 unspecified atom stereocenters. The summed E-state index contributed by atoms with van der Waals surface area (Å²) in [4.78, 5) is 9.32. The third-order valence-corrected chi connectivity index (χ3v) is 3.55. The zero-order valence-corrected chi connectivity index (χ0v) is 10.6. The first-order chi connectivity index (χ1) is 8.75. The minimum atomic E-state index is 0.110. The van der Waals surface area contributed by atoms with E-state index in [9.17, 15) is 0 Å². The van der Waals surface area contributed by atoms with Gasteiger partial charge >= 0.3 is 0 Å². The van der Waals surface area contributed by atoms with Gasteiger partial charge in [0.05, 0.1) is 0 Å². The van der Waals surface area contributed by atoms with Crippen LogP contribution in [0.25, 0.3) is 11.4 Å². The average molecular weight is 239 g/mol. The van der Waals surface area contributed by atoms with Crippen LogP contribution in [0.4, 0.5) is 0 Å². The molecule has 92 valence electrons. The molecule has 0 saturated heterocycles. The zero-order valence-electron chi connectivity index (χ0n) is 10.6. The van der Waals surface area contributed by atoms with Crippen LogP contribution in [0.15, 0.2) is 30.3 Å². The van der Waals surface area contributed by atoms with Crippen molar-refractivity contribution in [3.63, 3.8) is 0 Å². The molecular formula is C15H17N3. The summed E-state index contributed by atoms with van der Waals surface area (Å²) in [5.74, 6) is 0.820. The van der Waals surface area contributed by atoms with Gasteiger partial charge in [-0.1, -0.05) is 30.3 Å². The molecule has 1 aromatic heterocycles. The van der Waals surface area contributed by atoms with E-state index in [2.05, 4.69) is 4.98 Å². The van der Waals surface area contributed by atoms with E-state index in [1.165, 1.54) is 5.56 Å². The number of aromatic nitrogens is 2. The van der Waals surface area contributed by atoms with E-state index in [1.54, 1.807) is 0 Å². The average Bonchev–Trinajstić information content (AvgIpc) is 2.39. The number of nitrogens with zero attached hydrogens (tertiary/aromatic N) is 2. The summed E-state index contributed by atoms with van der Waals surface area (Å²) in [5, 5.41) is 0. The SMILES string of the molecule is Cc1nc(-c2ccccc2)nc2c1C(N)CCC2. The highest BCUT2D eigenvalue weighted by atomic mass is 14.9. The van der Waals surface area contributed by atoms with Gasteiger partial charge in [0, 0.05) is 28.6 Å². The summed E-state index contributed by atoms with van der Waals surface area (Å²) >= 11 is 0. The highest BCUT2D eigenvalue weighted by molar-refractivity contribution is 5.55. The number of hydrogen-bond donors (Lipinski definition) is 1. The molecule has 2 N–H and O–H groups in total. The molecule has 1 aliphatic carbocycles. The Labute approximate surface area is 107 Å². The Kier molecular flexibility index (Phi) is 2.84. The molecule has 0 saturated carbocycles. The van der Waals surface area contributed by atoms with E-state index in [0.717, 1.165) is 42.0 Å². The summed E-state index contributed by atoms with van der Waals surface area (Å²) < 4.78 is 0. The van der Waals surface area contributed by atoms with Crippen LogP contribution in [0.5, 0.6) is 0 Å². The maximum absolute atomic E-state index is 6.16. The molecule has 18 heavy (non-hydrogen) atoms. The summed E-state index contributed by atoms with van der Waals surface area (Å²) in [6, 6.07) is 10.2. The number of fused-ring (bicyclic) bond motifs is 1. The van der Waals surface area contributed by atoms with Crippen LogP contribution in [0, 0.1) is 6.92 Å². The molecule has 1 aliphatic rings. The first-order valence-corrected chi connectivity index (χ1v) is 6.44. The molecule has 0 bridgehead atoms. The first-order valence-electron chi connectivity index (χ1n) is 6.44. The third kappa shape index (κ3) is 1.91. The van der Waals surface area contributed by atoms with Gasteiger partial charge in [0.15, 0.2) is 5.82 Å². The van der Waals surface area contributed by atoms with Crippen molar-refractivity contribution in [1.82, 2.24) is 9.97 Å². The molecule has 0 radical (unpaired) electrons. The van der Waals surface area contributed by atoms with Crippen molar-refractivity contribution < 1.29 is 0 Å². The minimum absolute atomic E-state index is 0.110. The molecule has 0 fully saturated rings. The third-order valence-electron chi connectivity index (χ3n) is 3.55. The lowest BCUT2D eigenvalue weighted by molar-refractivity contribution is 0.553. The Morgan fingerprint density at radius 3 is 2.72 bits per heavy atom. The van der Waals surface area contributed by atoms with E-state index in [0.29, 0.717) is 0 Å². The minimum Gasteiger partial charge on any atom is -0.324 e. The van der Waals surface area contributed by atoms with Gasteiger partial charge < -0.3 is 5.73 Å². The fraction of sp³-hybridized carbons (Fsp3) is 0.333. The number of rotatable bonds is 1. The Balaban J connectivity index is 2.12. The normalized spacial score (nSPS) is 18.4. The molecule has 0 spiro atoms. The van der Waals surface area contributed by atoms with Crippen LogP contribution in [0.1, 0.15) is 35.8 Å². The second-order valence-corrected chi connectivity index (χ2v) is 4.86. The van der Waals surface area contributed by atoms with Gasteiger partial charge in [-0.25, -0.2) is 9.97 Å². The van der Waals surface area contributed by atoms with Crippen molar-refractivity contribution in [3.05, 3.63) is 47.3 Å². The van der Waals surface area contributed by atoms with Crippen LogP contribution >= 0.6 is 0 Å². The van der Waals surface area contributed by atoms with E-state index in [4.69, 9.17) is 10.7 Å². The maximum atomic E-state index is 6.16. The molecule has 3 nitrogen and oxygen atoms in total. The lowest BCUT2D eigenvalue weighted by Crippen LogP contribution is -2.21. The standard InChI is InChI=1S/C15H17N3/c1-10-14-12(16)8-5-9-13(14)18-15(17-10)11-6-3-2-4-7-11/h2-4,6-7,12H,5,8-9,16H2,1H3. The largest absolute Gasteiger partial charge is 0.324 e. The molecule has 1 heterocycles. The Morgan fingerprint density at radius 1 is 1.17 bits per heavy atom. The summed E-state index contributed by atoms with van der Waals surface area (Å²) in [7, 11) is 0. The Bertz CT molecular complexity index is 563. The van der Waals surface area contributed by atoms with E-state index < -0.39 is 0 Å². The topological polar surface area (TPSA) is 51.8 Å². The van der Waals surface area contributed by atoms with Crippen molar-refractivity contribution in [3.8, 4) is 11.4 Å². The molecule has 3 rings (SSSR count). The molecule has 1 atom stereocenters. The van der Waals surface area contributed by atoms with Gasteiger partial charge in [-0.15, -0.1) is 0 Å². The lowest BCUT2D eigenvalue weighted by Gasteiger charge is -2.23. The maximum Gasteiger partial charge on any atom is 0.159 e. The highest BCUT2D eigenvalue weighted by Crippen LogP contribution is 2.30. The smallest absolute Gasteiger partial charge is 0.159 e. The monoisotopic (exact) mass is 239 g/mol. The van der Waals surface area contributed by atoms with E-state index in [-0.39, 0.29) is 6.04 Å². The van der Waals surface area contributed by atoms with Crippen LogP contribution in [0.2, 0.25) is 0 Å². The van der Waals surface area contributed by atoms with Crippen molar-refractivity contribution >= 4 is 0 Å². The number of benzene rings is 1. The van der Waals surface area contributed by atoms with Gasteiger partial charge in [-0.2, -0.15) is 0 Å². The van der Waals surface area contributed by atoms with Gasteiger partial charge in [-0.3, -0.25) is 0 Å². The predicted molar refractivity (Wildman–Crippen MR) is 72.1 cm³/mol. The summed E-state index contributed by atoms with van der Waals surface area (Å²) in [5.41, 5.74) is 10.6. The molecule has 2 aromatic rings. The second kappa shape index (κ2) is 4.50. The molecule has 0 amide bonds. The predicted octanol–water partition coefficient (Wildman–Crippen LogP) is 2.79. The van der Waals surface area contributed by atoms with Crippen LogP contribution in [-0.2, 0) is 6.42 Å². The van der Waals surface area contributed by atoms with Crippen molar-refractivity contribution in [2.24, 2.45) is 5.73 Å². The van der Waals surface area contributed by atoms with Gasteiger partial charge in [-0.05, 0) is 26.2 Å². The summed E-state index contributed by atoms with van der Waals surface area (Å²) in [6.45, 7) is 2.04. The van der Waals surface area contributed by atoms with Gasteiger partial charge in [0.25, 0.3) is 0 Å². The first kappa shape index (κ1) is 11.4. The van der Waals surface area contributed by atoms with Crippen molar-refractivity contribution in [2.75, 3.05) is 0 Å². The number of hydrogen-bond acceptors (Lipinski definition) is 3. The van der Waals surface area contributed by atoms with Gasteiger partial charge in [0.2, 0.25) is 0 Å². The Morgan fingerprint density at radius 2 is 1.94 bits per heavy atom. The highest BCUT2D eigenvalue weighted by Gasteiger charge is 2.22. The van der Waals surface area contributed by atoms with Crippen molar-refractivity contribution in [2.45, 2.75) is 32.2 Å². The van der Waals surface area contributed by atoms with E-state index in [1.807, 2.05) is 37.3 Å². The van der Waals surface area contributed by atoms with Crippen molar-refractivity contribution in [1.29, 1.82) is 0 Å². The lowest BCUT2D eigenvalue weighted by atomic mass is 9.90. The summed E-state index contributed by atoms with van der Waals surface area (Å²) in [6.07, 6.45) is 3.19. The van der Waals surface area contributed by atoms with Crippen LogP contribution in [-0.4, -0.2) is 9.97 Å². The second-order valence-electron chi connectivity index (χ2n) is 4.86. The fourth-order valence-corrected chi connectivity index (χ4v) is 2.66.